The lowest BCUT2D eigenvalue weighted by Crippen LogP contribution is -3.10. The molecule has 2 N–H and O–H groups in total. The van der Waals surface area contributed by atoms with Crippen molar-refractivity contribution < 1.29 is 19.2 Å². The van der Waals surface area contributed by atoms with E-state index in [2.05, 4.69) is 5.32 Å². The van der Waals surface area contributed by atoms with Crippen molar-refractivity contribution in [1.29, 1.82) is 0 Å². The van der Waals surface area contributed by atoms with E-state index < -0.39 is 0 Å². The quantitative estimate of drug-likeness (QED) is 0.754. The number of likely N-dealkylation sites (N-methyl/N-ethyl adjacent to an activating group) is 1. The first-order chi connectivity index (χ1) is 12.0. The van der Waals surface area contributed by atoms with Crippen LogP contribution in [0.2, 0.25) is 5.02 Å². The zero-order valence-corrected chi connectivity index (χ0v) is 15.5. The molecule has 0 fully saturated rings. The molecule has 2 rings (SSSR count). The minimum absolute atomic E-state index is 0.0212. The van der Waals surface area contributed by atoms with E-state index in [-0.39, 0.29) is 5.91 Å². The van der Waals surface area contributed by atoms with E-state index in [4.69, 9.17) is 21.1 Å². The van der Waals surface area contributed by atoms with Gasteiger partial charge in [-0.15, -0.1) is 0 Å². The van der Waals surface area contributed by atoms with Gasteiger partial charge in [-0.1, -0.05) is 17.7 Å². The lowest BCUT2D eigenvalue weighted by molar-refractivity contribution is -0.870. The van der Waals surface area contributed by atoms with E-state index in [0.29, 0.717) is 17.3 Å². The molecule has 1 unspecified atom stereocenters. The number of ether oxygens (including phenoxy) is 2. The third-order valence-corrected chi connectivity index (χ3v) is 4.13. The van der Waals surface area contributed by atoms with Gasteiger partial charge in [-0.25, -0.2) is 0 Å². The Kier molecular flexibility index (Phi) is 7.10. The number of hydrogen-bond donors (Lipinski definition) is 2. The highest BCUT2D eigenvalue weighted by atomic mass is 35.5. The Morgan fingerprint density at radius 2 is 1.76 bits per heavy atom. The number of methoxy groups -OCH3 is 2. The monoisotopic (exact) mass is 363 g/mol. The fourth-order valence-electron chi connectivity index (χ4n) is 2.49. The summed E-state index contributed by atoms with van der Waals surface area (Å²) in [5, 5.41) is 3.53. The van der Waals surface area contributed by atoms with Crippen molar-refractivity contribution in [3.05, 3.63) is 53.1 Å². The highest BCUT2D eigenvalue weighted by Crippen LogP contribution is 2.27. The number of hydrogen-bond acceptors (Lipinski definition) is 3. The number of benzene rings is 2. The zero-order chi connectivity index (χ0) is 18.2. The average molecular weight is 364 g/mol. The van der Waals surface area contributed by atoms with Crippen LogP contribution in [0.15, 0.2) is 42.5 Å². The predicted octanol–water partition coefficient (Wildman–Crippen LogP) is 2.05. The molecule has 0 aliphatic heterocycles. The number of carbonyl (C=O) groups is 1. The van der Waals surface area contributed by atoms with Crippen LogP contribution in [0.3, 0.4) is 0 Å². The van der Waals surface area contributed by atoms with Crippen molar-refractivity contribution in [1.82, 2.24) is 0 Å². The summed E-state index contributed by atoms with van der Waals surface area (Å²) in [4.78, 5) is 13.2. The first-order valence-corrected chi connectivity index (χ1v) is 8.47. The average Bonchev–Trinajstić information content (AvgIpc) is 2.61. The van der Waals surface area contributed by atoms with Gasteiger partial charge >= 0.3 is 0 Å². The van der Waals surface area contributed by atoms with Crippen LogP contribution in [0.4, 0.5) is 5.69 Å². The fraction of sp³-hybridized carbons (Fsp3) is 0.316. The second kappa shape index (κ2) is 9.30. The number of rotatable bonds is 8. The normalized spacial score (nSPS) is 11.7. The molecule has 0 bridgehead atoms. The number of anilines is 1. The molecule has 0 saturated heterocycles. The molecular formula is C19H24ClN2O3+. The van der Waals surface area contributed by atoms with E-state index in [9.17, 15) is 4.79 Å². The van der Waals surface area contributed by atoms with Gasteiger partial charge in [0.25, 0.3) is 5.91 Å². The van der Waals surface area contributed by atoms with Crippen molar-refractivity contribution in [3.8, 4) is 11.5 Å². The molecule has 5 nitrogen and oxygen atoms in total. The van der Waals surface area contributed by atoms with Gasteiger partial charge in [-0.2, -0.15) is 0 Å². The molecule has 25 heavy (non-hydrogen) atoms. The molecule has 134 valence electrons. The third-order valence-electron chi connectivity index (χ3n) is 3.88. The van der Waals surface area contributed by atoms with Crippen molar-refractivity contribution in [3.63, 3.8) is 0 Å². The van der Waals surface area contributed by atoms with Crippen LogP contribution in [0.25, 0.3) is 0 Å². The van der Waals surface area contributed by atoms with E-state index >= 15 is 0 Å². The summed E-state index contributed by atoms with van der Waals surface area (Å²) in [6.45, 7) is 1.24. The number of quaternary nitrogens is 1. The van der Waals surface area contributed by atoms with Crippen molar-refractivity contribution in [2.45, 2.75) is 6.42 Å². The maximum Gasteiger partial charge on any atom is 0.279 e. The molecule has 0 aliphatic rings. The fourth-order valence-corrected chi connectivity index (χ4v) is 2.62. The summed E-state index contributed by atoms with van der Waals surface area (Å²) in [7, 11) is 5.25. The predicted molar refractivity (Wildman–Crippen MR) is 100.0 cm³/mol. The molecule has 2 aromatic carbocycles. The maximum atomic E-state index is 12.1. The second-order valence-electron chi connectivity index (χ2n) is 5.88. The van der Waals surface area contributed by atoms with Crippen molar-refractivity contribution in [2.75, 3.05) is 39.7 Å². The number of halogens is 1. The topological polar surface area (TPSA) is 52.0 Å². The van der Waals surface area contributed by atoms with Crippen molar-refractivity contribution in [2.24, 2.45) is 0 Å². The molecule has 0 aromatic heterocycles. The molecule has 6 heteroatoms. The third kappa shape index (κ3) is 5.96. The van der Waals surface area contributed by atoms with Crippen LogP contribution in [0, 0.1) is 0 Å². The Balaban J connectivity index is 1.82. The molecule has 1 atom stereocenters. The number of carbonyl (C=O) groups excluding carboxylic acids is 1. The molecule has 0 saturated carbocycles. The Labute approximate surface area is 153 Å². The molecule has 2 aromatic rings. The van der Waals surface area contributed by atoms with Gasteiger partial charge in [0.2, 0.25) is 0 Å². The molecule has 0 aliphatic carbocycles. The minimum Gasteiger partial charge on any atom is -0.493 e. The first kappa shape index (κ1) is 19.1. The molecule has 0 radical (unpaired) electrons. The Bertz CT molecular complexity index is 704. The largest absolute Gasteiger partial charge is 0.493 e. The van der Waals surface area contributed by atoms with Gasteiger partial charge in [0.15, 0.2) is 18.0 Å². The number of nitrogens with one attached hydrogen (secondary N) is 2. The molecule has 0 heterocycles. The lowest BCUT2D eigenvalue weighted by atomic mass is 10.1. The summed E-state index contributed by atoms with van der Waals surface area (Å²) < 4.78 is 10.6. The Morgan fingerprint density at radius 3 is 2.40 bits per heavy atom. The molecule has 1 amide bonds. The lowest BCUT2D eigenvalue weighted by Gasteiger charge is -2.15. The summed E-state index contributed by atoms with van der Waals surface area (Å²) >= 11 is 5.84. The van der Waals surface area contributed by atoms with Crippen LogP contribution in [0.1, 0.15) is 5.56 Å². The van der Waals surface area contributed by atoms with Gasteiger partial charge < -0.3 is 19.7 Å². The van der Waals surface area contributed by atoms with E-state index in [1.807, 2.05) is 25.2 Å². The van der Waals surface area contributed by atoms with Gasteiger partial charge in [-0.3, -0.25) is 4.79 Å². The summed E-state index contributed by atoms with van der Waals surface area (Å²) in [5.41, 5.74) is 1.90. The maximum absolute atomic E-state index is 12.1. The summed E-state index contributed by atoms with van der Waals surface area (Å²) in [5.74, 6) is 1.42. The second-order valence-corrected chi connectivity index (χ2v) is 6.31. The van der Waals surface area contributed by atoms with Crippen LogP contribution in [0.5, 0.6) is 11.5 Å². The molecule has 0 spiro atoms. The van der Waals surface area contributed by atoms with Crippen LogP contribution < -0.4 is 19.7 Å². The van der Waals surface area contributed by atoms with Crippen LogP contribution in [-0.2, 0) is 11.2 Å². The standard InChI is InChI=1S/C19H23ClN2O3/c1-22(13-19(23)21-16-7-5-15(20)6-8-16)11-10-14-4-9-17(24-2)18(12-14)25-3/h4-9,12H,10-11,13H2,1-3H3,(H,21,23)/p+1. The van der Waals surface area contributed by atoms with Crippen LogP contribution in [-0.4, -0.2) is 40.3 Å². The van der Waals surface area contributed by atoms with Gasteiger partial charge in [0.1, 0.15) is 0 Å². The smallest absolute Gasteiger partial charge is 0.279 e. The molecular weight excluding hydrogens is 340 g/mol. The van der Waals surface area contributed by atoms with Gasteiger partial charge in [0.05, 0.1) is 27.8 Å². The van der Waals surface area contributed by atoms with Gasteiger partial charge in [0, 0.05) is 17.1 Å². The van der Waals surface area contributed by atoms with Gasteiger partial charge in [-0.05, 0) is 42.0 Å². The van der Waals surface area contributed by atoms with E-state index in [0.717, 1.165) is 34.9 Å². The highest BCUT2D eigenvalue weighted by molar-refractivity contribution is 6.30. The van der Waals surface area contributed by atoms with E-state index in [1.165, 1.54) is 0 Å². The summed E-state index contributed by atoms with van der Waals surface area (Å²) in [6, 6.07) is 13.0. The first-order valence-electron chi connectivity index (χ1n) is 8.09. The number of amides is 1. The highest BCUT2D eigenvalue weighted by Gasteiger charge is 2.11. The van der Waals surface area contributed by atoms with Crippen molar-refractivity contribution >= 4 is 23.2 Å². The SMILES string of the molecule is COc1ccc(CC[NH+](C)CC(=O)Nc2ccc(Cl)cc2)cc1OC. The Morgan fingerprint density at radius 1 is 1.08 bits per heavy atom. The zero-order valence-electron chi connectivity index (χ0n) is 14.8. The Hall–Kier alpha value is -2.24. The minimum atomic E-state index is -0.0212. The van der Waals surface area contributed by atoms with E-state index in [1.54, 1.807) is 38.5 Å². The van der Waals surface area contributed by atoms with Crippen LogP contribution >= 0.6 is 11.6 Å². The summed E-state index contributed by atoms with van der Waals surface area (Å²) in [6.07, 6.45) is 0.848.